The molecule has 0 spiro atoms. The van der Waals surface area contributed by atoms with Gasteiger partial charge in [-0.25, -0.2) is 4.39 Å². The third-order valence-electron chi connectivity index (χ3n) is 5.70. The summed E-state index contributed by atoms with van der Waals surface area (Å²) in [6.45, 7) is 4.78. The van der Waals surface area contributed by atoms with Gasteiger partial charge in [-0.15, -0.1) is 0 Å². The molecule has 0 saturated carbocycles. The Balaban J connectivity index is 1.54. The van der Waals surface area contributed by atoms with Crippen LogP contribution in [0, 0.1) is 18.7 Å². The highest BCUT2D eigenvalue weighted by Crippen LogP contribution is 2.32. The fourth-order valence-electron chi connectivity index (χ4n) is 4.09. The second kappa shape index (κ2) is 6.26. The second-order valence-electron chi connectivity index (χ2n) is 7.10. The normalized spacial score (nSPS) is 22.9. The minimum absolute atomic E-state index is 0.0649. The highest BCUT2D eigenvalue weighted by atomic mass is 19.1. The first-order valence-corrected chi connectivity index (χ1v) is 8.80. The smallest absolute Gasteiger partial charge is 0.227 e. The van der Waals surface area contributed by atoms with Gasteiger partial charge >= 0.3 is 0 Å². The topological polar surface area (TPSA) is 50.2 Å². The molecule has 3 heterocycles. The lowest BCUT2D eigenvalue weighted by Gasteiger charge is -2.32. The Morgan fingerprint density at radius 1 is 1.32 bits per heavy atom. The molecule has 0 bridgehead atoms. The Bertz CT molecular complexity index is 816. The van der Waals surface area contributed by atoms with Crippen LogP contribution in [-0.2, 0) is 24.8 Å². The first-order valence-electron chi connectivity index (χ1n) is 8.80. The fourth-order valence-corrected chi connectivity index (χ4v) is 4.09. The van der Waals surface area contributed by atoms with E-state index in [-0.39, 0.29) is 23.6 Å². The molecule has 1 aromatic carbocycles. The van der Waals surface area contributed by atoms with Crippen molar-refractivity contribution in [2.75, 3.05) is 19.6 Å². The summed E-state index contributed by atoms with van der Waals surface area (Å²) >= 11 is 0. The summed E-state index contributed by atoms with van der Waals surface area (Å²) in [4.78, 5) is 15.1. The molecule has 0 unspecified atom stereocenters. The molecule has 1 amide bonds. The van der Waals surface area contributed by atoms with Crippen LogP contribution >= 0.6 is 0 Å². The molecule has 1 aromatic heterocycles. The maximum Gasteiger partial charge on any atom is 0.227 e. The van der Waals surface area contributed by atoms with E-state index in [0.29, 0.717) is 19.6 Å². The number of fused-ring (bicyclic) bond motifs is 1. The summed E-state index contributed by atoms with van der Waals surface area (Å²) in [6.07, 6.45) is 2.61. The highest BCUT2D eigenvalue weighted by molar-refractivity contribution is 5.81. The number of amides is 1. The molecule has 25 heavy (non-hydrogen) atoms. The van der Waals surface area contributed by atoms with E-state index in [1.165, 1.54) is 6.07 Å². The number of aryl methyl sites for hydroxylation is 1. The van der Waals surface area contributed by atoms with E-state index >= 15 is 0 Å². The van der Waals surface area contributed by atoms with Crippen LogP contribution < -0.4 is 5.32 Å². The summed E-state index contributed by atoms with van der Waals surface area (Å²) in [6, 6.07) is 4.88. The van der Waals surface area contributed by atoms with Crippen LogP contribution in [-0.4, -0.2) is 40.2 Å². The first kappa shape index (κ1) is 16.3. The third kappa shape index (κ3) is 2.84. The number of benzene rings is 1. The van der Waals surface area contributed by atoms with E-state index in [1.54, 1.807) is 12.1 Å². The quantitative estimate of drug-likeness (QED) is 0.905. The van der Waals surface area contributed by atoms with E-state index in [4.69, 9.17) is 0 Å². The van der Waals surface area contributed by atoms with Gasteiger partial charge < -0.3 is 10.2 Å². The number of carbonyl (C=O) groups excluding carboxylic acids is 1. The molecular formula is C19H23FN4O. The Kier molecular flexibility index (Phi) is 4.07. The van der Waals surface area contributed by atoms with Gasteiger partial charge in [0.25, 0.3) is 0 Å². The number of nitrogens with zero attached hydrogens (tertiary/aromatic N) is 3. The average Bonchev–Trinajstić information content (AvgIpc) is 3.21. The van der Waals surface area contributed by atoms with Crippen molar-refractivity contribution in [3.05, 3.63) is 52.6 Å². The van der Waals surface area contributed by atoms with Gasteiger partial charge in [-0.1, -0.05) is 6.07 Å². The van der Waals surface area contributed by atoms with E-state index in [2.05, 4.69) is 10.4 Å². The average molecular weight is 342 g/mol. The van der Waals surface area contributed by atoms with Crippen molar-refractivity contribution >= 4 is 5.91 Å². The van der Waals surface area contributed by atoms with Gasteiger partial charge in [0.15, 0.2) is 0 Å². The largest absolute Gasteiger partial charge is 0.338 e. The minimum Gasteiger partial charge on any atom is -0.338 e. The summed E-state index contributed by atoms with van der Waals surface area (Å²) in [5.74, 6) is 0.0829. The zero-order valence-corrected chi connectivity index (χ0v) is 14.6. The van der Waals surface area contributed by atoms with Crippen molar-refractivity contribution in [3.8, 4) is 0 Å². The van der Waals surface area contributed by atoms with Crippen molar-refractivity contribution in [1.82, 2.24) is 20.0 Å². The van der Waals surface area contributed by atoms with Crippen LogP contribution in [0.2, 0.25) is 0 Å². The number of aromatic nitrogens is 2. The van der Waals surface area contributed by atoms with Gasteiger partial charge in [-0.2, -0.15) is 5.10 Å². The van der Waals surface area contributed by atoms with Crippen LogP contribution in [0.1, 0.15) is 28.3 Å². The lowest BCUT2D eigenvalue weighted by atomic mass is 9.87. The Morgan fingerprint density at radius 3 is 2.92 bits per heavy atom. The SMILES string of the molecule is Cc1c([C@H]2CNC[C@@H]2C(=O)N2CCc3cc(F)ccc3C2)cnn1C. The lowest BCUT2D eigenvalue weighted by molar-refractivity contribution is -0.136. The molecule has 0 radical (unpaired) electrons. The fraction of sp³-hybridized carbons (Fsp3) is 0.474. The zero-order valence-electron chi connectivity index (χ0n) is 14.6. The second-order valence-corrected chi connectivity index (χ2v) is 7.10. The minimum atomic E-state index is -0.203. The predicted octanol–water partition coefficient (Wildman–Crippen LogP) is 1.76. The Hall–Kier alpha value is -2.21. The summed E-state index contributed by atoms with van der Waals surface area (Å²) < 4.78 is 15.2. The van der Waals surface area contributed by atoms with Crippen LogP contribution in [0.3, 0.4) is 0 Å². The van der Waals surface area contributed by atoms with Crippen molar-refractivity contribution in [3.63, 3.8) is 0 Å². The van der Waals surface area contributed by atoms with Crippen LogP contribution in [0.4, 0.5) is 4.39 Å². The number of nitrogens with one attached hydrogen (secondary N) is 1. The Labute approximate surface area is 146 Å². The zero-order chi connectivity index (χ0) is 17.6. The molecular weight excluding hydrogens is 319 g/mol. The van der Waals surface area contributed by atoms with Gasteiger partial charge in [-0.3, -0.25) is 9.48 Å². The molecule has 1 saturated heterocycles. The molecule has 6 heteroatoms. The highest BCUT2D eigenvalue weighted by Gasteiger charge is 2.38. The van der Waals surface area contributed by atoms with Crippen molar-refractivity contribution in [2.45, 2.75) is 25.8 Å². The number of carbonyl (C=O) groups is 1. The van der Waals surface area contributed by atoms with Crippen LogP contribution in [0.15, 0.2) is 24.4 Å². The number of hydrogen-bond donors (Lipinski definition) is 1. The number of halogens is 1. The van der Waals surface area contributed by atoms with Gasteiger partial charge in [0.05, 0.1) is 12.1 Å². The van der Waals surface area contributed by atoms with Gasteiger partial charge in [0.2, 0.25) is 5.91 Å². The standard InChI is InChI=1S/C19H23FN4O/c1-12-16(10-22-23(12)2)17-8-21-9-18(17)19(25)24-6-5-13-7-15(20)4-3-14(13)11-24/h3-4,7,10,17-18,21H,5-6,8-9,11H2,1-2H3/t17-,18+/m1/s1. The van der Waals surface area contributed by atoms with Crippen LogP contribution in [0.5, 0.6) is 0 Å². The van der Waals surface area contributed by atoms with Crippen molar-refractivity contribution in [1.29, 1.82) is 0 Å². The first-order chi connectivity index (χ1) is 12.0. The lowest BCUT2D eigenvalue weighted by Crippen LogP contribution is -2.41. The van der Waals surface area contributed by atoms with Gasteiger partial charge in [0, 0.05) is 44.8 Å². The molecule has 5 nitrogen and oxygen atoms in total. The van der Waals surface area contributed by atoms with E-state index in [0.717, 1.165) is 35.3 Å². The molecule has 2 atom stereocenters. The van der Waals surface area contributed by atoms with E-state index in [1.807, 2.05) is 29.7 Å². The summed E-state index contributed by atoms with van der Waals surface area (Å²) in [5, 5.41) is 7.70. The van der Waals surface area contributed by atoms with Gasteiger partial charge in [0.1, 0.15) is 5.82 Å². The molecule has 1 N–H and O–H groups in total. The molecule has 0 aliphatic carbocycles. The van der Waals surface area contributed by atoms with E-state index < -0.39 is 0 Å². The summed E-state index contributed by atoms with van der Waals surface area (Å²) in [7, 11) is 1.93. The monoisotopic (exact) mass is 342 g/mol. The van der Waals surface area contributed by atoms with Gasteiger partial charge in [-0.05, 0) is 42.2 Å². The molecule has 132 valence electrons. The third-order valence-corrected chi connectivity index (χ3v) is 5.70. The molecule has 2 aromatic rings. The van der Waals surface area contributed by atoms with Crippen molar-refractivity contribution < 1.29 is 9.18 Å². The van der Waals surface area contributed by atoms with E-state index in [9.17, 15) is 9.18 Å². The van der Waals surface area contributed by atoms with Crippen molar-refractivity contribution in [2.24, 2.45) is 13.0 Å². The maximum atomic E-state index is 13.4. The number of hydrogen-bond acceptors (Lipinski definition) is 3. The maximum absolute atomic E-state index is 13.4. The Morgan fingerprint density at radius 2 is 2.16 bits per heavy atom. The molecule has 4 rings (SSSR count). The molecule has 2 aliphatic heterocycles. The number of rotatable bonds is 2. The molecule has 1 fully saturated rings. The predicted molar refractivity (Wildman–Crippen MR) is 92.6 cm³/mol. The summed E-state index contributed by atoms with van der Waals surface area (Å²) in [5.41, 5.74) is 4.35. The van der Waals surface area contributed by atoms with Crippen LogP contribution in [0.25, 0.3) is 0 Å². The molecule has 2 aliphatic rings.